The number of amides is 2. The van der Waals surface area contributed by atoms with Gasteiger partial charge >= 0.3 is 6.18 Å². The summed E-state index contributed by atoms with van der Waals surface area (Å²) in [5, 5.41) is 2.79. The molecule has 2 amide bonds. The van der Waals surface area contributed by atoms with Crippen LogP contribution in [-0.4, -0.2) is 42.5 Å². The fourth-order valence-corrected chi connectivity index (χ4v) is 2.91. The molecule has 1 aromatic carbocycles. The molecule has 2 rings (SSSR count). The maximum atomic E-state index is 12.8. The Kier molecular flexibility index (Phi) is 7.24. The van der Waals surface area contributed by atoms with Crippen LogP contribution in [0.1, 0.15) is 37.8 Å². The van der Waals surface area contributed by atoms with E-state index in [0.717, 1.165) is 12.1 Å². The fourth-order valence-electron chi connectivity index (χ4n) is 2.91. The number of rotatable bonds is 8. The Hall–Kier alpha value is -2.09. The Labute approximate surface area is 156 Å². The minimum Gasteiger partial charge on any atom is -0.379 e. The molecule has 0 radical (unpaired) electrons. The van der Waals surface area contributed by atoms with Gasteiger partial charge in [-0.25, -0.2) is 0 Å². The van der Waals surface area contributed by atoms with Gasteiger partial charge in [-0.3, -0.25) is 9.59 Å². The Morgan fingerprint density at radius 1 is 1.37 bits per heavy atom. The van der Waals surface area contributed by atoms with Gasteiger partial charge in [-0.15, -0.1) is 0 Å². The van der Waals surface area contributed by atoms with Crippen LogP contribution in [0.2, 0.25) is 0 Å². The summed E-state index contributed by atoms with van der Waals surface area (Å²) in [4.78, 5) is 25.8. The van der Waals surface area contributed by atoms with Crippen molar-refractivity contribution >= 4 is 11.8 Å². The van der Waals surface area contributed by atoms with E-state index < -0.39 is 17.7 Å². The summed E-state index contributed by atoms with van der Waals surface area (Å²) in [7, 11) is 0. The number of alkyl halides is 3. The molecule has 0 aliphatic carbocycles. The zero-order chi connectivity index (χ0) is 20.0. The zero-order valence-corrected chi connectivity index (χ0v) is 15.5. The molecule has 8 heteroatoms. The number of halogens is 3. The number of likely N-dealkylation sites (tertiary alicyclic amines) is 1. The van der Waals surface area contributed by atoms with Crippen molar-refractivity contribution in [2.24, 2.45) is 5.92 Å². The van der Waals surface area contributed by atoms with Crippen molar-refractivity contribution in [1.29, 1.82) is 0 Å². The maximum absolute atomic E-state index is 12.8. The van der Waals surface area contributed by atoms with Gasteiger partial charge in [-0.05, 0) is 38.0 Å². The minimum absolute atomic E-state index is 0.0642. The van der Waals surface area contributed by atoms with Gasteiger partial charge in [-0.1, -0.05) is 12.1 Å². The van der Waals surface area contributed by atoms with Crippen LogP contribution in [0.15, 0.2) is 24.3 Å². The predicted molar refractivity (Wildman–Crippen MR) is 93.7 cm³/mol. The first-order valence-corrected chi connectivity index (χ1v) is 9.00. The molecule has 0 saturated carbocycles. The third-order valence-corrected chi connectivity index (χ3v) is 4.28. The predicted octanol–water partition coefficient (Wildman–Crippen LogP) is 2.99. The van der Waals surface area contributed by atoms with Crippen molar-refractivity contribution in [1.82, 2.24) is 10.2 Å². The molecule has 5 nitrogen and oxygen atoms in total. The van der Waals surface area contributed by atoms with Crippen LogP contribution in [0.5, 0.6) is 0 Å². The van der Waals surface area contributed by atoms with Crippen molar-refractivity contribution in [3.8, 4) is 0 Å². The first-order valence-electron chi connectivity index (χ1n) is 9.00. The zero-order valence-electron chi connectivity index (χ0n) is 15.5. The smallest absolute Gasteiger partial charge is 0.379 e. The van der Waals surface area contributed by atoms with Crippen molar-refractivity contribution in [3.63, 3.8) is 0 Å². The van der Waals surface area contributed by atoms with E-state index in [2.05, 4.69) is 5.32 Å². The molecule has 1 aliphatic heterocycles. The standard InChI is InChI=1S/C19H25F3N2O3/c1-13(2)27-8-4-7-23-18(26)15-10-17(25)24(12-15)11-14-5-3-6-16(9-14)19(20,21)22/h3,5-6,9,13,15H,4,7-8,10-12H2,1-2H3,(H,23,26). The second kappa shape index (κ2) is 9.21. The molecule has 1 atom stereocenters. The molecule has 27 heavy (non-hydrogen) atoms. The highest BCUT2D eigenvalue weighted by Gasteiger charge is 2.35. The molecule has 1 fully saturated rings. The van der Waals surface area contributed by atoms with Crippen molar-refractivity contribution in [2.45, 2.75) is 45.5 Å². The summed E-state index contributed by atoms with van der Waals surface area (Å²) in [5.74, 6) is -0.913. The molecule has 1 saturated heterocycles. The van der Waals surface area contributed by atoms with Gasteiger partial charge in [0.15, 0.2) is 0 Å². The third kappa shape index (κ3) is 6.53. The summed E-state index contributed by atoms with van der Waals surface area (Å²) in [6.07, 6.45) is -3.53. The van der Waals surface area contributed by atoms with Gasteiger partial charge in [0.05, 0.1) is 17.6 Å². The lowest BCUT2D eigenvalue weighted by atomic mass is 10.1. The summed E-state index contributed by atoms with van der Waals surface area (Å²) < 4.78 is 43.8. The molecule has 1 unspecified atom stereocenters. The molecule has 0 bridgehead atoms. The minimum atomic E-state index is -4.42. The van der Waals surface area contributed by atoms with Crippen LogP contribution in [-0.2, 0) is 27.0 Å². The molecule has 1 aliphatic rings. The van der Waals surface area contributed by atoms with E-state index >= 15 is 0 Å². The van der Waals surface area contributed by atoms with Gasteiger partial charge < -0.3 is 15.0 Å². The highest BCUT2D eigenvalue weighted by molar-refractivity contribution is 5.89. The number of nitrogens with one attached hydrogen (secondary N) is 1. The van der Waals surface area contributed by atoms with Crippen molar-refractivity contribution < 1.29 is 27.5 Å². The number of carbonyl (C=O) groups is 2. The largest absolute Gasteiger partial charge is 0.416 e. The number of benzene rings is 1. The Morgan fingerprint density at radius 3 is 2.78 bits per heavy atom. The molecule has 0 aromatic heterocycles. The van der Waals surface area contributed by atoms with E-state index in [1.807, 2.05) is 13.8 Å². The van der Waals surface area contributed by atoms with Gasteiger partial charge in [0.25, 0.3) is 0 Å². The highest BCUT2D eigenvalue weighted by atomic mass is 19.4. The molecule has 150 valence electrons. The van der Waals surface area contributed by atoms with E-state index in [1.54, 1.807) is 6.07 Å². The van der Waals surface area contributed by atoms with Crippen LogP contribution < -0.4 is 5.32 Å². The average molecular weight is 386 g/mol. The lowest BCUT2D eigenvalue weighted by molar-refractivity contribution is -0.137. The van der Waals surface area contributed by atoms with Crippen molar-refractivity contribution in [2.75, 3.05) is 19.7 Å². The van der Waals surface area contributed by atoms with Crippen LogP contribution in [0.25, 0.3) is 0 Å². The number of hydrogen-bond acceptors (Lipinski definition) is 3. The maximum Gasteiger partial charge on any atom is 0.416 e. The SMILES string of the molecule is CC(C)OCCCNC(=O)C1CC(=O)N(Cc2cccc(C(F)(F)F)c2)C1. The molecular weight excluding hydrogens is 361 g/mol. The van der Waals surface area contributed by atoms with Crippen LogP contribution in [0, 0.1) is 5.92 Å². The van der Waals surface area contributed by atoms with E-state index in [4.69, 9.17) is 4.74 Å². The lowest BCUT2D eigenvalue weighted by Gasteiger charge is -2.17. The third-order valence-electron chi connectivity index (χ3n) is 4.28. The lowest BCUT2D eigenvalue weighted by Crippen LogP contribution is -2.33. The van der Waals surface area contributed by atoms with Gasteiger partial charge in [0, 0.05) is 32.7 Å². The van der Waals surface area contributed by atoms with E-state index in [-0.39, 0.29) is 37.4 Å². The summed E-state index contributed by atoms with van der Waals surface area (Å²) in [6, 6.07) is 4.90. The van der Waals surface area contributed by atoms with E-state index in [0.29, 0.717) is 25.1 Å². The van der Waals surface area contributed by atoms with Crippen LogP contribution in [0.3, 0.4) is 0 Å². The molecule has 1 N–H and O–H groups in total. The first kappa shape index (κ1) is 21.2. The number of hydrogen-bond donors (Lipinski definition) is 1. The quantitative estimate of drug-likeness (QED) is 0.699. The Balaban J connectivity index is 1.84. The second-order valence-electron chi connectivity index (χ2n) is 6.94. The molecule has 0 spiro atoms. The van der Waals surface area contributed by atoms with Crippen LogP contribution >= 0.6 is 0 Å². The molecule has 1 heterocycles. The number of ether oxygens (including phenoxy) is 1. The van der Waals surface area contributed by atoms with E-state index in [1.165, 1.54) is 11.0 Å². The average Bonchev–Trinajstić information content (AvgIpc) is 2.94. The monoisotopic (exact) mass is 386 g/mol. The van der Waals surface area contributed by atoms with Gasteiger partial charge in [0.1, 0.15) is 0 Å². The van der Waals surface area contributed by atoms with Gasteiger partial charge in [0.2, 0.25) is 11.8 Å². The summed E-state index contributed by atoms with van der Waals surface area (Å²) >= 11 is 0. The Morgan fingerprint density at radius 2 is 2.11 bits per heavy atom. The van der Waals surface area contributed by atoms with E-state index in [9.17, 15) is 22.8 Å². The first-order chi connectivity index (χ1) is 12.7. The van der Waals surface area contributed by atoms with Crippen molar-refractivity contribution in [3.05, 3.63) is 35.4 Å². The van der Waals surface area contributed by atoms with Gasteiger partial charge in [-0.2, -0.15) is 13.2 Å². The number of nitrogens with zero attached hydrogens (tertiary/aromatic N) is 1. The highest BCUT2D eigenvalue weighted by Crippen LogP contribution is 2.30. The second-order valence-corrected chi connectivity index (χ2v) is 6.94. The molecular formula is C19H25F3N2O3. The summed E-state index contributed by atoms with van der Waals surface area (Å²) in [6.45, 7) is 5.15. The fraction of sp³-hybridized carbons (Fsp3) is 0.579. The van der Waals surface area contributed by atoms with Crippen LogP contribution in [0.4, 0.5) is 13.2 Å². The summed E-state index contributed by atoms with van der Waals surface area (Å²) in [5.41, 5.74) is -0.352. The normalized spacial score (nSPS) is 17.6. The Bertz CT molecular complexity index is 662. The topological polar surface area (TPSA) is 58.6 Å². The number of carbonyl (C=O) groups excluding carboxylic acids is 2. The molecule has 1 aromatic rings.